The monoisotopic (exact) mass is 331 g/mol. The van der Waals surface area contributed by atoms with Crippen LogP contribution in [-0.2, 0) is 0 Å². The molecule has 126 valence electrons. The summed E-state index contributed by atoms with van der Waals surface area (Å²) in [4.78, 5) is 29.5. The summed E-state index contributed by atoms with van der Waals surface area (Å²) in [7, 11) is 2.91. The molecule has 0 saturated carbocycles. The third-order valence-electron chi connectivity index (χ3n) is 3.74. The van der Waals surface area contributed by atoms with Crippen LogP contribution >= 0.6 is 0 Å². The van der Waals surface area contributed by atoms with E-state index in [1.165, 1.54) is 36.8 Å². The van der Waals surface area contributed by atoms with Gasteiger partial charge >= 0.3 is 0 Å². The van der Waals surface area contributed by atoms with Gasteiger partial charge in [-0.15, -0.1) is 0 Å². The van der Waals surface area contributed by atoms with Gasteiger partial charge in [0.15, 0.2) is 0 Å². The third kappa shape index (κ3) is 2.78. The zero-order valence-corrected chi connectivity index (χ0v) is 13.4. The number of nitrogens with zero attached hydrogens (tertiary/aromatic N) is 3. The minimum absolute atomic E-state index is 0.155. The van der Waals surface area contributed by atoms with E-state index in [4.69, 9.17) is 13.9 Å². The Morgan fingerprint density at radius 2 is 1.83 bits per heavy atom. The van der Waals surface area contributed by atoms with Gasteiger partial charge in [-0.25, -0.2) is 10.0 Å². The molecule has 0 aliphatic carbocycles. The second kappa shape index (κ2) is 6.61. The van der Waals surface area contributed by atoms with Crippen molar-refractivity contribution in [1.29, 1.82) is 0 Å². The number of pyridine rings is 1. The number of amides is 2. The van der Waals surface area contributed by atoms with Crippen LogP contribution < -0.4 is 9.47 Å². The van der Waals surface area contributed by atoms with Gasteiger partial charge in [0, 0.05) is 19.2 Å². The molecule has 8 nitrogen and oxygen atoms in total. The molecule has 1 aliphatic heterocycles. The molecule has 2 aromatic rings. The Kier molecular flexibility index (Phi) is 4.37. The first kappa shape index (κ1) is 15.9. The van der Waals surface area contributed by atoms with Gasteiger partial charge in [0.1, 0.15) is 11.8 Å². The van der Waals surface area contributed by atoms with E-state index < -0.39 is 0 Å². The van der Waals surface area contributed by atoms with Gasteiger partial charge in [-0.3, -0.25) is 9.59 Å². The Morgan fingerprint density at radius 1 is 1.08 bits per heavy atom. The molecule has 1 fully saturated rings. The smallest absolute Gasteiger partial charge is 0.277 e. The summed E-state index contributed by atoms with van der Waals surface area (Å²) >= 11 is 0. The molecule has 3 rings (SSSR count). The number of hydrazine groups is 1. The molecule has 0 bridgehead atoms. The van der Waals surface area contributed by atoms with Crippen molar-refractivity contribution in [3.05, 3.63) is 41.9 Å². The number of hydrogen-bond donors (Lipinski definition) is 0. The first-order valence-electron chi connectivity index (χ1n) is 7.40. The summed E-state index contributed by atoms with van der Waals surface area (Å²) < 4.78 is 15.2. The number of carbonyl (C=O) groups excluding carboxylic acids is 2. The van der Waals surface area contributed by atoms with Crippen molar-refractivity contribution in [2.75, 3.05) is 27.3 Å². The Labute approximate surface area is 138 Å². The van der Waals surface area contributed by atoms with Crippen LogP contribution in [0.1, 0.15) is 27.1 Å². The largest absolute Gasteiger partial charge is 0.481 e. The second-order valence-corrected chi connectivity index (χ2v) is 5.13. The molecule has 0 unspecified atom stereocenters. The zero-order valence-electron chi connectivity index (χ0n) is 13.4. The van der Waals surface area contributed by atoms with Crippen LogP contribution in [0.4, 0.5) is 0 Å². The molecule has 0 aromatic carbocycles. The number of methoxy groups -OCH3 is 2. The van der Waals surface area contributed by atoms with Gasteiger partial charge < -0.3 is 13.9 Å². The molecule has 0 radical (unpaired) electrons. The second-order valence-electron chi connectivity index (χ2n) is 5.13. The lowest BCUT2D eigenvalue weighted by molar-refractivity contribution is 0.0183. The summed E-state index contributed by atoms with van der Waals surface area (Å²) in [6, 6.07) is 4.72. The van der Waals surface area contributed by atoms with E-state index in [0.717, 1.165) is 0 Å². The van der Waals surface area contributed by atoms with Gasteiger partial charge in [0.25, 0.3) is 11.8 Å². The molecule has 0 atom stereocenters. The van der Waals surface area contributed by atoms with E-state index >= 15 is 0 Å². The maximum absolute atomic E-state index is 12.9. The van der Waals surface area contributed by atoms with Crippen molar-refractivity contribution in [2.45, 2.75) is 6.42 Å². The van der Waals surface area contributed by atoms with E-state index in [1.807, 2.05) is 0 Å². The first-order valence-corrected chi connectivity index (χ1v) is 7.40. The number of carbonyl (C=O) groups is 2. The lowest BCUT2D eigenvalue weighted by atomic mass is 10.2. The van der Waals surface area contributed by atoms with Crippen molar-refractivity contribution >= 4 is 11.8 Å². The lowest BCUT2D eigenvalue weighted by Gasteiger charge is -2.27. The molecule has 2 amide bonds. The van der Waals surface area contributed by atoms with Crippen LogP contribution in [0, 0.1) is 0 Å². The quantitative estimate of drug-likeness (QED) is 0.846. The van der Waals surface area contributed by atoms with Crippen LogP contribution in [0.25, 0.3) is 0 Å². The maximum atomic E-state index is 12.9. The Hall–Kier alpha value is -3.03. The predicted octanol–water partition coefficient (Wildman–Crippen LogP) is 1.60. The summed E-state index contributed by atoms with van der Waals surface area (Å²) in [6.07, 6.45) is 3.48. The standard InChI is InChI=1S/C16H17N3O5/c1-22-13-5-4-12(14(17-13)23-2)16(21)19-8-3-7-18(19)15(20)11-6-9-24-10-11/h4-6,9-10H,3,7-8H2,1-2H3. The van der Waals surface area contributed by atoms with E-state index in [9.17, 15) is 9.59 Å². The maximum Gasteiger partial charge on any atom is 0.277 e. The minimum atomic E-state index is -0.351. The van der Waals surface area contributed by atoms with Gasteiger partial charge in [-0.05, 0) is 18.6 Å². The topological polar surface area (TPSA) is 85.1 Å². The van der Waals surface area contributed by atoms with Crippen LogP contribution in [-0.4, -0.2) is 54.1 Å². The normalized spacial score (nSPS) is 13.9. The van der Waals surface area contributed by atoms with Crippen molar-refractivity contribution in [2.24, 2.45) is 0 Å². The first-order chi connectivity index (χ1) is 11.7. The van der Waals surface area contributed by atoms with Crippen molar-refractivity contribution in [3.63, 3.8) is 0 Å². The Balaban J connectivity index is 1.87. The fourth-order valence-electron chi connectivity index (χ4n) is 2.56. The Bertz CT molecular complexity index is 744. The van der Waals surface area contributed by atoms with Gasteiger partial charge in [0.2, 0.25) is 11.8 Å². The average Bonchev–Trinajstić information content (AvgIpc) is 3.31. The number of hydrogen-bond acceptors (Lipinski definition) is 6. The summed E-state index contributed by atoms with van der Waals surface area (Å²) in [6.45, 7) is 0.902. The average molecular weight is 331 g/mol. The van der Waals surface area contributed by atoms with Gasteiger partial charge in [-0.2, -0.15) is 4.98 Å². The predicted molar refractivity (Wildman–Crippen MR) is 82.7 cm³/mol. The van der Waals surface area contributed by atoms with Crippen LogP contribution in [0.5, 0.6) is 11.8 Å². The summed E-state index contributed by atoms with van der Waals surface area (Å²) in [5, 5.41) is 2.82. The van der Waals surface area contributed by atoms with E-state index in [0.29, 0.717) is 31.0 Å². The summed E-state index contributed by atoms with van der Waals surface area (Å²) in [5.74, 6) is -0.135. The van der Waals surface area contributed by atoms with E-state index in [2.05, 4.69) is 4.98 Å². The molecular weight excluding hydrogens is 314 g/mol. The molecule has 0 N–H and O–H groups in total. The highest BCUT2D eigenvalue weighted by Gasteiger charge is 2.33. The molecule has 1 saturated heterocycles. The SMILES string of the molecule is COc1ccc(C(=O)N2CCCN2C(=O)c2ccoc2)c(OC)n1. The molecule has 24 heavy (non-hydrogen) atoms. The highest BCUT2D eigenvalue weighted by atomic mass is 16.5. The number of aromatic nitrogens is 1. The highest BCUT2D eigenvalue weighted by molar-refractivity contribution is 6.00. The lowest BCUT2D eigenvalue weighted by Crippen LogP contribution is -2.44. The molecule has 2 aromatic heterocycles. The fraction of sp³-hybridized carbons (Fsp3) is 0.312. The van der Waals surface area contributed by atoms with Crippen LogP contribution in [0.15, 0.2) is 35.1 Å². The Morgan fingerprint density at radius 3 is 2.46 bits per heavy atom. The van der Waals surface area contributed by atoms with Crippen LogP contribution in [0.3, 0.4) is 0 Å². The van der Waals surface area contributed by atoms with Crippen LogP contribution in [0.2, 0.25) is 0 Å². The number of furan rings is 1. The molecule has 8 heteroatoms. The zero-order chi connectivity index (χ0) is 17.1. The van der Waals surface area contributed by atoms with Gasteiger partial charge in [0.05, 0.1) is 26.0 Å². The molecule has 0 spiro atoms. The molecule has 1 aliphatic rings. The van der Waals surface area contributed by atoms with E-state index in [-0.39, 0.29) is 23.3 Å². The van der Waals surface area contributed by atoms with E-state index in [1.54, 1.807) is 18.2 Å². The molecule has 3 heterocycles. The van der Waals surface area contributed by atoms with Crippen molar-refractivity contribution in [3.8, 4) is 11.8 Å². The fourth-order valence-corrected chi connectivity index (χ4v) is 2.56. The number of ether oxygens (including phenoxy) is 2. The van der Waals surface area contributed by atoms with Crippen molar-refractivity contribution < 1.29 is 23.5 Å². The minimum Gasteiger partial charge on any atom is -0.481 e. The van der Waals surface area contributed by atoms with Gasteiger partial charge in [-0.1, -0.05) is 0 Å². The third-order valence-corrected chi connectivity index (χ3v) is 3.74. The van der Waals surface area contributed by atoms with Crippen molar-refractivity contribution in [1.82, 2.24) is 15.0 Å². The summed E-state index contributed by atoms with van der Waals surface area (Å²) in [5.41, 5.74) is 0.666. The molecular formula is C16H17N3O5. The highest BCUT2D eigenvalue weighted by Crippen LogP contribution is 2.24. The number of rotatable bonds is 4.